The maximum Gasteiger partial charge on any atom is 0.261 e. The van der Waals surface area contributed by atoms with Gasteiger partial charge in [-0.2, -0.15) is 0 Å². The second-order valence-electron chi connectivity index (χ2n) is 10.1. The Hall–Kier alpha value is -3.74. The minimum absolute atomic E-state index is 0.0876. The van der Waals surface area contributed by atoms with Crippen LogP contribution < -0.4 is 11.3 Å². The standard InChI is InChI=1S/C31H32ClN5O/c1-20(2)28(36-19-25(15-16-33)34-29(36)23-11-9-21(3)10-12-23)30-35-27-17-24(32)13-14-26(27)31(38)37(30)18-22-7-5-4-6-8-22/h4-14,17,19-20,28H,15-16,18,33H2,1-3H3. The van der Waals surface area contributed by atoms with E-state index >= 15 is 0 Å². The largest absolute Gasteiger partial charge is 0.330 e. The lowest BCUT2D eigenvalue weighted by molar-refractivity contribution is 0.401. The van der Waals surface area contributed by atoms with Crippen LogP contribution in [0.4, 0.5) is 0 Å². The van der Waals surface area contributed by atoms with Gasteiger partial charge in [-0.1, -0.05) is 85.6 Å². The first-order valence-corrected chi connectivity index (χ1v) is 13.3. The van der Waals surface area contributed by atoms with Crippen molar-refractivity contribution in [2.75, 3.05) is 6.54 Å². The third-order valence-electron chi connectivity index (χ3n) is 6.82. The van der Waals surface area contributed by atoms with Gasteiger partial charge in [-0.15, -0.1) is 0 Å². The molecular formula is C31H32ClN5O. The Bertz CT molecular complexity index is 1620. The average molecular weight is 526 g/mol. The average Bonchev–Trinajstić information content (AvgIpc) is 3.30. The number of fused-ring (bicyclic) bond motifs is 1. The van der Waals surface area contributed by atoms with Crippen LogP contribution in [-0.4, -0.2) is 25.6 Å². The van der Waals surface area contributed by atoms with Crippen molar-refractivity contribution in [3.63, 3.8) is 0 Å². The van der Waals surface area contributed by atoms with Gasteiger partial charge in [0.2, 0.25) is 0 Å². The number of nitrogens with zero attached hydrogens (tertiary/aromatic N) is 4. The number of aromatic nitrogens is 4. The Labute approximate surface area is 227 Å². The molecule has 0 aliphatic rings. The molecule has 194 valence electrons. The van der Waals surface area contributed by atoms with E-state index in [9.17, 15) is 4.79 Å². The van der Waals surface area contributed by atoms with Crippen molar-refractivity contribution >= 4 is 22.5 Å². The molecule has 7 heteroatoms. The predicted molar refractivity (Wildman–Crippen MR) is 155 cm³/mol. The molecule has 0 fully saturated rings. The normalized spacial score (nSPS) is 12.4. The lowest BCUT2D eigenvalue weighted by Gasteiger charge is -2.27. The summed E-state index contributed by atoms with van der Waals surface area (Å²) in [5.74, 6) is 1.61. The summed E-state index contributed by atoms with van der Waals surface area (Å²) < 4.78 is 3.97. The van der Waals surface area contributed by atoms with E-state index in [1.165, 1.54) is 5.56 Å². The van der Waals surface area contributed by atoms with Gasteiger partial charge < -0.3 is 10.3 Å². The van der Waals surface area contributed by atoms with E-state index in [4.69, 9.17) is 27.3 Å². The first kappa shape index (κ1) is 25.9. The number of halogens is 1. The fraction of sp³-hybridized carbons (Fsp3) is 0.258. The molecule has 3 aromatic carbocycles. The summed E-state index contributed by atoms with van der Waals surface area (Å²) in [5.41, 5.74) is 10.5. The lowest BCUT2D eigenvalue weighted by atomic mass is 10.0. The molecule has 0 spiro atoms. The van der Waals surface area contributed by atoms with E-state index in [0.29, 0.717) is 41.3 Å². The zero-order valence-electron chi connectivity index (χ0n) is 21.9. The summed E-state index contributed by atoms with van der Waals surface area (Å²) in [6, 6.07) is 23.4. The number of benzene rings is 3. The van der Waals surface area contributed by atoms with Crippen LogP contribution in [0.2, 0.25) is 5.02 Å². The minimum Gasteiger partial charge on any atom is -0.330 e. The van der Waals surface area contributed by atoms with E-state index in [0.717, 1.165) is 22.6 Å². The van der Waals surface area contributed by atoms with Crippen LogP contribution in [0.5, 0.6) is 0 Å². The molecule has 0 saturated heterocycles. The van der Waals surface area contributed by atoms with Gasteiger partial charge in [-0.05, 0) is 43.1 Å². The summed E-state index contributed by atoms with van der Waals surface area (Å²) >= 11 is 6.33. The molecule has 2 aromatic heterocycles. The summed E-state index contributed by atoms with van der Waals surface area (Å²) in [6.07, 6.45) is 2.72. The Morgan fingerprint density at radius 2 is 1.71 bits per heavy atom. The molecule has 0 radical (unpaired) electrons. The van der Waals surface area contributed by atoms with Crippen molar-refractivity contribution in [2.45, 2.75) is 39.8 Å². The number of imidazole rings is 1. The van der Waals surface area contributed by atoms with Gasteiger partial charge in [0, 0.05) is 23.2 Å². The molecule has 38 heavy (non-hydrogen) atoms. The Morgan fingerprint density at radius 1 is 0.974 bits per heavy atom. The van der Waals surface area contributed by atoms with Gasteiger partial charge in [0.05, 0.1) is 29.2 Å². The molecule has 0 aliphatic heterocycles. The Kier molecular flexibility index (Phi) is 7.45. The Morgan fingerprint density at radius 3 is 2.39 bits per heavy atom. The maximum absolute atomic E-state index is 14.0. The predicted octanol–water partition coefficient (Wildman–Crippen LogP) is 6.02. The van der Waals surface area contributed by atoms with Crippen molar-refractivity contribution in [3.05, 3.63) is 117 Å². The molecule has 0 aliphatic carbocycles. The van der Waals surface area contributed by atoms with E-state index in [2.05, 4.69) is 55.8 Å². The molecule has 5 aromatic rings. The number of hydrogen-bond acceptors (Lipinski definition) is 4. The fourth-order valence-corrected chi connectivity index (χ4v) is 5.11. The monoisotopic (exact) mass is 525 g/mol. The van der Waals surface area contributed by atoms with Crippen LogP contribution >= 0.6 is 11.6 Å². The molecule has 1 atom stereocenters. The molecule has 5 rings (SSSR count). The van der Waals surface area contributed by atoms with Crippen molar-refractivity contribution in [1.29, 1.82) is 0 Å². The molecule has 0 amide bonds. The first-order valence-electron chi connectivity index (χ1n) is 12.9. The minimum atomic E-state index is -0.259. The van der Waals surface area contributed by atoms with Gasteiger partial charge >= 0.3 is 0 Å². The van der Waals surface area contributed by atoms with Crippen LogP contribution in [0.3, 0.4) is 0 Å². The van der Waals surface area contributed by atoms with Crippen LogP contribution in [-0.2, 0) is 13.0 Å². The second-order valence-corrected chi connectivity index (χ2v) is 10.5. The summed E-state index contributed by atoms with van der Waals surface area (Å²) in [4.78, 5) is 24.1. The van der Waals surface area contributed by atoms with Gasteiger partial charge in [-0.3, -0.25) is 9.36 Å². The molecular weight excluding hydrogens is 494 g/mol. The fourth-order valence-electron chi connectivity index (χ4n) is 4.94. The zero-order valence-corrected chi connectivity index (χ0v) is 22.7. The smallest absolute Gasteiger partial charge is 0.261 e. The third-order valence-corrected chi connectivity index (χ3v) is 7.05. The van der Waals surface area contributed by atoms with E-state index < -0.39 is 0 Å². The van der Waals surface area contributed by atoms with E-state index in [-0.39, 0.29) is 17.5 Å². The second kappa shape index (κ2) is 10.9. The summed E-state index contributed by atoms with van der Waals surface area (Å²) in [5, 5.41) is 1.09. The van der Waals surface area contributed by atoms with Gasteiger partial charge in [-0.25, -0.2) is 9.97 Å². The highest BCUT2D eigenvalue weighted by molar-refractivity contribution is 6.31. The SMILES string of the molecule is Cc1ccc(-c2nc(CCN)cn2C(c2nc3cc(Cl)ccc3c(=O)n2Cc2ccccc2)C(C)C)cc1. The molecule has 6 nitrogen and oxygen atoms in total. The van der Waals surface area contributed by atoms with Crippen LogP contribution in [0.25, 0.3) is 22.3 Å². The van der Waals surface area contributed by atoms with Crippen LogP contribution in [0, 0.1) is 12.8 Å². The summed E-state index contributed by atoms with van der Waals surface area (Å²) in [6.45, 7) is 7.27. The van der Waals surface area contributed by atoms with Crippen molar-refractivity contribution in [1.82, 2.24) is 19.1 Å². The van der Waals surface area contributed by atoms with E-state index in [1.807, 2.05) is 30.3 Å². The highest BCUT2D eigenvalue weighted by Gasteiger charge is 2.28. The van der Waals surface area contributed by atoms with Gasteiger partial charge in [0.1, 0.15) is 11.6 Å². The van der Waals surface area contributed by atoms with E-state index in [1.54, 1.807) is 22.8 Å². The molecule has 2 N–H and O–H groups in total. The Balaban J connectivity index is 1.78. The quantitative estimate of drug-likeness (QED) is 0.269. The molecule has 1 unspecified atom stereocenters. The number of rotatable bonds is 8. The molecule has 2 heterocycles. The number of aryl methyl sites for hydroxylation is 1. The lowest BCUT2D eigenvalue weighted by Crippen LogP contribution is -2.31. The first-order chi connectivity index (χ1) is 18.4. The van der Waals surface area contributed by atoms with Gasteiger partial charge in [0.25, 0.3) is 5.56 Å². The highest BCUT2D eigenvalue weighted by Crippen LogP contribution is 2.32. The maximum atomic E-state index is 14.0. The van der Waals surface area contributed by atoms with Crippen LogP contribution in [0.15, 0.2) is 83.8 Å². The zero-order chi connectivity index (χ0) is 26.8. The van der Waals surface area contributed by atoms with Crippen LogP contribution in [0.1, 0.15) is 42.5 Å². The van der Waals surface area contributed by atoms with Crippen molar-refractivity contribution < 1.29 is 0 Å². The number of nitrogens with two attached hydrogens (primary N) is 1. The highest BCUT2D eigenvalue weighted by atomic mass is 35.5. The topological polar surface area (TPSA) is 78.7 Å². The number of hydrogen-bond donors (Lipinski definition) is 1. The summed E-state index contributed by atoms with van der Waals surface area (Å²) in [7, 11) is 0. The molecule has 0 saturated carbocycles. The van der Waals surface area contributed by atoms with Crippen molar-refractivity contribution in [2.24, 2.45) is 11.7 Å². The third kappa shape index (κ3) is 5.15. The van der Waals surface area contributed by atoms with Gasteiger partial charge in [0.15, 0.2) is 0 Å². The van der Waals surface area contributed by atoms with Crippen molar-refractivity contribution in [3.8, 4) is 11.4 Å². The molecule has 0 bridgehead atoms.